The first-order valence-corrected chi connectivity index (χ1v) is 10.4. The van der Waals surface area contributed by atoms with Gasteiger partial charge in [0.2, 0.25) is 0 Å². The largest absolute Gasteiger partial charge is 0.417 e. The molecule has 1 saturated heterocycles. The molecule has 2 N–H and O–H groups in total. The van der Waals surface area contributed by atoms with Gasteiger partial charge in [0, 0.05) is 26.2 Å². The van der Waals surface area contributed by atoms with Gasteiger partial charge in [-0.1, -0.05) is 48.5 Å². The average Bonchev–Trinajstić information content (AvgIpc) is 2.83. The number of halogens is 3. The molecule has 1 aliphatic rings. The minimum absolute atomic E-state index is 0.252. The van der Waals surface area contributed by atoms with Crippen LogP contribution < -0.4 is 10.6 Å². The monoisotopic (exact) mass is 453 g/mol. The summed E-state index contributed by atoms with van der Waals surface area (Å²) in [6.45, 7) is 1.28. The highest BCUT2D eigenvalue weighted by molar-refractivity contribution is 5.96. The lowest BCUT2D eigenvalue weighted by atomic mass is 10.1. The molecule has 1 amide bonds. The summed E-state index contributed by atoms with van der Waals surface area (Å²) in [5.41, 5.74) is 7.00. The van der Waals surface area contributed by atoms with Gasteiger partial charge < -0.3 is 15.5 Å². The van der Waals surface area contributed by atoms with E-state index in [-0.39, 0.29) is 18.7 Å². The Morgan fingerprint density at radius 3 is 2.24 bits per heavy atom. The van der Waals surface area contributed by atoms with Gasteiger partial charge in [-0.05, 0) is 29.8 Å². The molecule has 3 aromatic rings. The number of anilines is 2. The van der Waals surface area contributed by atoms with Crippen LogP contribution in [0.25, 0.3) is 12.2 Å². The molecular formula is C24H22F3N5O. The van der Waals surface area contributed by atoms with Crippen molar-refractivity contribution in [3.63, 3.8) is 0 Å². The van der Waals surface area contributed by atoms with E-state index in [2.05, 4.69) is 10.2 Å². The summed E-state index contributed by atoms with van der Waals surface area (Å²) in [4.78, 5) is 16.1. The minimum Gasteiger partial charge on any atom is -0.396 e. The fourth-order valence-electron chi connectivity index (χ4n) is 3.70. The summed E-state index contributed by atoms with van der Waals surface area (Å²) >= 11 is 0. The zero-order valence-electron chi connectivity index (χ0n) is 17.7. The van der Waals surface area contributed by atoms with Gasteiger partial charge in [0.1, 0.15) is 0 Å². The fraction of sp³-hybridized carbons (Fsp3) is 0.208. The van der Waals surface area contributed by atoms with E-state index < -0.39 is 17.6 Å². The van der Waals surface area contributed by atoms with E-state index in [0.29, 0.717) is 30.3 Å². The first-order chi connectivity index (χ1) is 15.8. The van der Waals surface area contributed by atoms with Gasteiger partial charge in [-0.25, -0.2) is 0 Å². The molecule has 0 saturated carbocycles. The van der Waals surface area contributed by atoms with Crippen molar-refractivity contribution in [2.75, 3.05) is 36.8 Å². The molecule has 2 aromatic carbocycles. The molecular weight excluding hydrogens is 431 g/mol. The molecule has 33 heavy (non-hydrogen) atoms. The smallest absolute Gasteiger partial charge is 0.396 e. The third-order valence-electron chi connectivity index (χ3n) is 5.40. The van der Waals surface area contributed by atoms with Crippen LogP contribution >= 0.6 is 0 Å². The Morgan fingerprint density at radius 2 is 1.58 bits per heavy atom. The van der Waals surface area contributed by atoms with Crippen molar-refractivity contribution in [2.24, 2.45) is 0 Å². The van der Waals surface area contributed by atoms with E-state index in [4.69, 9.17) is 5.73 Å². The zero-order valence-corrected chi connectivity index (χ0v) is 17.7. The molecule has 170 valence electrons. The SMILES string of the molecule is Nc1cc(C=Cc2ccccc2)nnc1N1CCN(C(=O)c2ccccc2C(F)(F)F)CC1. The van der Waals surface area contributed by atoms with Gasteiger partial charge in [-0.3, -0.25) is 4.79 Å². The summed E-state index contributed by atoms with van der Waals surface area (Å²) in [6, 6.07) is 16.3. The number of nitrogens with two attached hydrogens (primary N) is 1. The number of hydrogen-bond donors (Lipinski definition) is 1. The van der Waals surface area contributed by atoms with Crippen LogP contribution in [0.1, 0.15) is 27.2 Å². The third-order valence-corrected chi connectivity index (χ3v) is 5.40. The number of carbonyl (C=O) groups is 1. The van der Waals surface area contributed by atoms with Crippen molar-refractivity contribution in [3.8, 4) is 0 Å². The van der Waals surface area contributed by atoms with Crippen molar-refractivity contribution < 1.29 is 18.0 Å². The Kier molecular flexibility index (Phi) is 6.30. The van der Waals surface area contributed by atoms with Crippen molar-refractivity contribution in [2.45, 2.75) is 6.18 Å². The van der Waals surface area contributed by atoms with Crippen molar-refractivity contribution in [1.29, 1.82) is 0 Å². The van der Waals surface area contributed by atoms with Gasteiger partial charge in [0.15, 0.2) is 5.82 Å². The first-order valence-electron chi connectivity index (χ1n) is 10.4. The predicted octanol–water partition coefficient (Wildman–Crippen LogP) is 4.21. The van der Waals surface area contributed by atoms with Gasteiger partial charge in [0.05, 0.1) is 22.5 Å². The number of benzene rings is 2. The van der Waals surface area contributed by atoms with Crippen molar-refractivity contribution >= 4 is 29.6 Å². The highest BCUT2D eigenvalue weighted by Gasteiger charge is 2.36. The van der Waals surface area contributed by atoms with E-state index in [9.17, 15) is 18.0 Å². The van der Waals surface area contributed by atoms with Crippen molar-refractivity contribution in [3.05, 3.63) is 83.0 Å². The molecule has 0 bridgehead atoms. The number of hydrogen-bond acceptors (Lipinski definition) is 5. The van der Waals surface area contributed by atoms with Gasteiger partial charge in [-0.2, -0.15) is 13.2 Å². The molecule has 1 aliphatic heterocycles. The lowest BCUT2D eigenvalue weighted by molar-refractivity contribution is -0.138. The van der Waals surface area contributed by atoms with Crippen LogP contribution in [0.5, 0.6) is 0 Å². The lowest BCUT2D eigenvalue weighted by Gasteiger charge is -2.36. The number of nitrogen functional groups attached to an aromatic ring is 1. The molecule has 4 rings (SSSR count). The van der Waals surface area contributed by atoms with E-state index in [1.54, 1.807) is 6.07 Å². The van der Waals surface area contributed by atoms with Gasteiger partial charge >= 0.3 is 6.18 Å². The van der Waals surface area contributed by atoms with Crippen LogP contribution in [0.4, 0.5) is 24.7 Å². The van der Waals surface area contributed by atoms with Crippen LogP contribution in [0, 0.1) is 0 Å². The van der Waals surface area contributed by atoms with Crippen molar-refractivity contribution in [1.82, 2.24) is 15.1 Å². The standard InChI is InChI=1S/C24H22F3N5O/c25-24(26,27)20-9-5-4-8-19(20)23(33)32-14-12-31(13-15-32)22-21(28)16-18(29-30-22)11-10-17-6-2-1-3-7-17/h1-11,16H,12-15H2,(H2,28,29). The Balaban J connectivity index is 1.42. The summed E-state index contributed by atoms with van der Waals surface area (Å²) in [5.74, 6) is -0.141. The number of aromatic nitrogens is 2. The molecule has 0 radical (unpaired) electrons. The number of carbonyl (C=O) groups excluding carboxylic acids is 1. The minimum atomic E-state index is -4.59. The maximum absolute atomic E-state index is 13.3. The Labute approximate surface area is 189 Å². The molecule has 0 unspecified atom stereocenters. The van der Waals surface area contributed by atoms with E-state index in [1.807, 2.05) is 47.4 Å². The summed E-state index contributed by atoms with van der Waals surface area (Å²) in [5, 5.41) is 8.44. The second kappa shape index (κ2) is 9.32. The Bertz CT molecular complexity index is 1160. The maximum Gasteiger partial charge on any atom is 0.417 e. The van der Waals surface area contributed by atoms with Crippen LogP contribution in [0.3, 0.4) is 0 Å². The van der Waals surface area contributed by atoms with Crippen LogP contribution in [-0.2, 0) is 6.18 Å². The quantitative estimate of drug-likeness (QED) is 0.641. The highest BCUT2D eigenvalue weighted by Crippen LogP contribution is 2.32. The number of piperazine rings is 1. The lowest BCUT2D eigenvalue weighted by Crippen LogP contribution is -2.49. The number of rotatable bonds is 4. The molecule has 0 spiro atoms. The molecule has 2 heterocycles. The van der Waals surface area contributed by atoms with Crippen LogP contribution in [0.15, 0.2) is 60.7 Å². The molecule has 1 fully saturated rings. The van der Waals surface area contributed by atoms with E-state index in [1.165, 1.54) is 23.1 Å². The topological polar surface area (TPSA) is 75.3 Å². The van der Waals surface area contributed by atoms with E-state index >= 15 is 0 Å². The number of alkyl halides is 3. The average molecular weight is 453 g/mol. The second-order valence-corrected chi connectivity index (χ2v) is 7.61. The molecule has 1 aromatic heterocycles. The van der Waals surface area contributed by atoms with Crippen LogP contribution in [0.2, 0.25) is 0 Å². The molecule has 6 nitrogen and oxygen atoms in total. The van der Waals surface area contributed by atoms with Gasteiger partial charge in [0.25, 0.3) is 5.91 Å². The van der Waals surface area contributed by atoms with E-state index in [0.717, 1.165) is 11.6 Å². The zero-order chi connectivity index (χ0) is 23.4. The number of amides is 1. The second-order valence-electron chi connectivity index (χ2n) is 7.61. The predicted molar refractivity (Wildman–Crippen MR) is 121 cm³/mol. The van der Waals surface area contributed by atoms with Crippen LogP contribution in [-0.4, -0.2) is 47.2 Å². The summed E-state index contributed by atoms with van der Waals surface area (Å²) in [6.07, 6.45) is -0.863. The maximum atomic E-state index is 13.3. The van der Waals surface area contributed by atoms with Gasteiger partial charge in [-0.15, -0.1) is 10.2 Å². The molecule has 0 aliphatic carbocycles. The summed E-state index contributed by atoms with van der Waals surface area (Å²) in [7, 11) is 0. The third kappa shape index (κ3) is 5.14. The normalized spacial score (nSPS) is 14.6. The molecule has 0 atom stereocenters. The number of nitrogens with zero attached hydrogens (tertiary/aromatic N) is 4. The Morgan fingerprint density at radius 1 is 0.909 bits per heavy atom. The molecule has 9 heteroatoms. The fourth-order valence-corrected chi connectivity index (χ4v) is 3.70. The highest BCUT2D eigenvalue weighted by atomic mass is 19.4. The first kappa shape index (κ1) is 22.3. The Hall–Kier alpha value is -3.88. The summed E-state index contributed by atoms with van der Waals surface area (Å²) < 4.78 is 39.8.